The Morgan fingerprint density at radius 3 is 2.73 bits per heavy atom. The van der Waals surface area contributed by atoms with Gasteiger partial charge in [-0.25, -0.2) is 0 Å². The van der Waals surface area contributed by atoms with Crippen molar-refractivity contribution >= 4 is 5.91 Å². The van der Waals surface area contributed by atoms with Gasteiger partial charge in [0, 0.05) is 25.6 Å². The second kappa shape index (κ2) is 7.62. The van der Waals surface area contributed by atoms with Crippen molar-refractivity contribution in [3.63, 3.8) is 0 Å². The van der Waals surface area contributed by atoms with E-state index in [-0.39, 0.29) is 18.4 Å². The highest BCUT2D eigenvalue weighted by Crippen LogP contribution is 2.28. The summed E-state index contributed by atoms with van der Waals surface area (Å²) in [6, 6.07) is 0. The van der Waals surface area contributed by atoms with E-state index in [0.29, 0.717) is 19.8 Å². The molecule has 0 aromatic rings. The number of amides is 1. The van der Waals surface area contributed by atoms with Crippen LogP contribution in [0.3, 0.4) is 0 Å². The molecule has 15 heavy (non-hydrogen) atoms. The van der Waals surface area contributed by atoms with E-state index in [1.807, 2.05) is 0 Å². The Morgan fingerprint density at radius 2 is 2.07 bits per heavy atom. The topological polar surface area (TPSA) is 70.6 Å². The number of carbonyl (C=O) groups is 1. The number of hydrogen-bond donors (Lipinski definition) is 3. The molecule has 1 amide bonds. The van der Waals surface area contributed by atoms with Crippen molar-refractivity contribution in [2.75, 3.05) is 39.5 Å². The van der Waals surface area contributed by atoms with Gasteiger partial charge in [-0.3, -0.25) is 4.79 Å². The van der Waals surface area contributed by atoms with Gasteiger partial charge in [0.15, 0.2) is 0 Å². The number of hydrogen-bond acceptors (Lipinski definition) is 4. The molecular weight excluding hydrogens is 196 g/mol. The largest absolute Gasteiger partial charge is 0.394 e. The predicted octanol–water partition coefficient (Wildman–Crippen LogP) is -0.889. The van der Waals surface area contributed by atoms with Crippen molar-refractivity contribution < 1.29 is 14.6 Å². The van der Waals surface area contributed by atoms with Gasteiger partial charge in [0.25, 0.3) is 0 Å². The summed E-state index contributed by atoms with van der Waals surface area (Å²) in [6.07, 6.45) is 2.10. The maximum Gasteiger partial charge on any atom is 0.223 e. The van der Waals surface area contributed by atoms with Gasteiger partial charge in [-0.2, -0.15) is 0 Å². The Balaban J connectivity index is 1.74. The fourth-order valence-electron chi connectivity index (χ4n) is 1.20. The fraction of sp³-hybridized carbons (Fsp3) is 0.900. The van der Waals surface area contributed by atoms with Gasteiger partial charge in [-0.15, -0.1) is 0 Å². The molecule has 0 heterocycles. The minimum absolute atomic E-state index is 0.0669. The van der Waals surface area contributed by atoms with Gasteiger partial charge in [-0.1, -0.05) is 0 Å². The van der Waals surface area contributed by atoms with Crippen LogP contribution < -0.4 is 10.6 Å². The van der Waals surface area contributed by atoms with Crippen LogP contribution in [0.2, 0.25) is 0 Å². The average molecular weight is 216 g/mol. The van der Waals surface area contributed by atoms with E-state index in [1.165, 1.54) is 0 Å². The fourth-order valence-corrected chi connectivity index (χ4v) is 1.20. The summed E-state index contributed by atoms with van der Waals surface area (Å²) in [5.41, 5.74) is 0. The first kappa shape index (κ1) is 12.4. The summed E-state index contributed by atoms with van der Waals surface area (Å²) in [4.78, 5) is 11.2. The Kier molecular flexibility index (Phi) is 6.31. The first-order valence-electron chi connectivity index (χ1n) is 5.51. The van der Waals surface area contributed by atoms with Crippen LogP contribution in [-0.4, -0.2) is 50.5 Å². The van der Waals surface area contributed by atoms with Crippen molar-refractivity contribution in [1.82, 2.24) is 10.6 Å². The predicted molar refractivity (Wildman–Crippen MR) is 56.5 cm³/mol. The molecule has 0 atom stereocenters. The van der Waals surface area contributed by atoms with Gasteiger partial charge in [0.05, 0.1) is 19.8 Å². The quantitative estimate of drug-likeness (QED) is 0.437. The zero-order valence-corrected chi connectivity index (χ0v) is 9.00. The van der Waals surface area contributed by atoms with Gasteiger partial charge in [0.1, 0.15) is 0 Å². The Bertz CT molecular complexity index is 184. The van der Waals surface area contributed by atoms with Crippen molar-refractivity contribution in [1.29, 1.82) is 0 Å². The molecule has 1 aliphatic carbocycles. The molecule has 0 aromatic carbocycles. The van der Waals surface area contributed by atoms with E-state index in [2.05, 4.69) is 10.6 Å². The lowest BCUT2D eigenvalue weighted by Crippen LogP contribution is -2.33. The number of nitrogens with one attached hydrogen (secondary N) is 2. The third-order valence-electron chi connectivity index (χ3n) is 2.21. The van der Waals surface area contributed by atoms with Crippen molar-refractivity contribution in [3.05, 3.63) is 0 Å². The van der Waals surface area contributed by atoms with Crippen LogP contribution in [-0.2, 0) is 9.53 Å². The third kappa shape index (κ3) is 6.43. The molecule has 3 N–H and O–H groups in total. The second-order valence-electron chi connectivity index (χ2n) is 3.65. The molecule has 1 aliphatic rings. The molecule has 0 aliphatic heterocycles. The van der Waals surface area contributed by atoms with Crippen LogP contribution in [0.5, 0.6) is 0 Å². The van der Waals surface area contributed by atoms with Gasteiger partial charge < -0.3 is 20.5 Å². The smallest absolute Gasteiger partial charge is 0.223 e. The Labute approximate surface area is 90.2 Å². The Hall–Kier alpha value is -0.650. The summed E-state index contributed by atoms with van der Waals surface area (Å²) in [5, 5.41) is 14.4. The van der Waals surface area contributed by atoms with E-state index in [4.69, 9.17) is 9.84 Å². The lowest BCUT2D eigenvalue weighted by atomic mass is 10.4. The van der Waals surface area contributed by atoms with Crippen LogP contribution in [0.25, 0.3) is 0 Å². The highest BCUT2D eigenvalue weighted by Gasteiger charge is 2.28. The molecule has 1 fully saturated rings. The molecule has 0 unspecified atom stereocenters. The molecule has 1 saturated carbocycles. The highest BCUT2D eigenvalue weighted by atomic mass is 16.5. The first-order valence-corrected chi connectivity index (χ1v) is 5.51. The molecule has 5 heteroatoms. The molecule has 1 rings (SSSR count). The van der Waals surface area contributed by atoms with Gasteiger partial charge >= 0.3 is 0 Å². The summed E-state index contributed by atoms with van der Waals surface area (Å²) >= 11 is 0. The van der Waals surface area contributed by atoms with Crippen molar-refractivity contribution in [3.8, 4) is 0 Å². The molecule has 88 valence electrons. The number of ether oxygens (including phenoxy) is 1. The maximum atomic E-state index is 11.2. The molecule has 0 bridgehead atoms. The van der Waals surface area contributed by atoms with Gasteiger partial charge in [0.2, 0.25) is 5.91 Å². The minimum Gasteiger partial charge on any atom is -0.394 e. The maximum absolute atomic E-state index is 11.2. The number of aliphatic hydroxyl groups is 1. The van der Waals surface area contributed by atoms with Crippen LogP contribution in [0, 0.1) is 5.92 Å². The van der Waals surface area contributed by atoms with E-state index >= 15 is 0 Å². The van der Waals surface area contributed by atoms with E-state index in [0.717, 1.165) is 25.9 Å². The lowest BCUT2D eigenvalue weighted by Gasteiger charge is -2.06. The number of aliphatic hydroxyl groups excluding tert-OH is 1. The molecule has 0 radical (unpaired) electrons. The molecular formula is C10H20N2O3. The monoisotopic (exact) mass is 216 g/mol. The molecule has 5 nitrogen and oxygen atoms in total. The standard InChI is InChI=1S/C10H20N2O3/c13-6-8-15-7-5-11-3-4-12-10(14)9-1-2-9/h9,11,13H,1-8H2,(H,12,14). The van der Waals surface area contributed by atoms with E-state index in [1.54, 1.807) is 0 Å². The zero-order valence-electron chi connectivity index (χ0n) is 9.00. The SMILES string of the molecule is O=C(NCCNCCOCCO)C1CC1. The van der Waals surface area contributed by atoms with Crippen LogP contribution in [0.1, 0.15) is 12.8 Å². The van der Waals surface area contributed by atoms with E-state index < -0.39 is 0 Å². The molecule has 0 spiro atoms. The molecule has 0 aromatic heterocycles. The van der Waals surface area contributed by atoms with Gasteiger partial charge in [-0.05, 0) is 12.8 Å². The summed E-state index contributed by atoms with van der Waals surface area (Å²) in [5.74, 6) is 0.478. The highest BCUT2D eigenvalue weighted by molar-refractivity contribution is 5.80. The number of rotatable bonds is 9. The molecule has 0 saturated heterocycles. The zero-order chi connectivity index (χ0) is 10.9. The van der Waals surface area contributed by atoms with Crippen molar-refractivity contribution in [2.45, 2.75) is 12.8 Å². The van der Waals surface area contributed by atoms with Crippen LogP contribution >= 0.6 is 0 Å². The Morgan fingerprint density at radius 1 is 1.27 bits per heavy atom. The summed E-state index contributed by atoms with van der Waals surface area (Å²) < 4.78 is 5.06. The third-order valence-corrected chi connectivity index (χ3v) is 2.21. The summed E-state index contributed by atoms with van der Waals surface area (Å²) in [6.45, 7) is 3.24. The van der Waals surface area contributed by atoms with E-state index in [9.17, 15) is 4.79 Å². The first-order chi connectivity index (χ1) is 7.34. The lowest BCUT2D eigenvalue weighted by molar-refractivity contribution is -0.122. The summed E-state index contributed by atoms with van der Waals surface area (Å²) in [7, 11) is 0. The second-order valence-corrected chi connectivity index (χ2v) is 3.65. The minimum atomic E-state index is 0.0669. The van der Waals surface area contributed by atoms with Crippen molar-refractivity contribution in [2.24, 2.45) is 5.92 Å². The van der Waals surface area contributed by atoms with Crippen LogP contribution in [0.15, 0.2) is 0 Å². The normalized spacial score (nSPS) is 15.3. The number of carbonyl (C=O) groups excluding carboxylic acids is 1. The average Bonchev–Trinajstić information content (AvgIpc) is 3.05. The van der Waals surface area contributed by atoms with Crippen LogP contribution in [0.4, 0.5) is 0 Å².